The molecule has 0 spiro atoms. The third-order valence-electron chi connectivity index (χ3n) is 3.59. The van der Waals surface area contributed by atoms with Gasteiger partial charge in [0, 0.05) is 16.3 Å². The molecule has 2 aromatic rings. The molecule has 0 heterocycles. The Morgan fingerprint density at radius 3 is 2.46 bits per heavy atom. The average molecular weight is 399 g/mol. The molecule has 0 aliphatic carbocycles. The van der Waals surface area contributed by atoms with E-state index >= 15 is 0 Å². The van der Waals surface area contributed by atoms with Crippen LogP contribution < -0.4 is 10.1 Å². The van der Waals surface area contributed by atoms with Gasteiger partial charge in [0.15, 0.2) is 0 Å². The molecule has 0 saturated carbocycles. The van der Waals surface area contributed by atoms with E-state index in [4.69, 9.17) is 21.1 Å². The lowest BCUT2D eigenvalue weighted by Crippen LogP contribution is -2.13. The first-order valence-corrected chi connectivity index (χ1v) is 8.99. The number of carbonyl (C=O) groups is 2. The molecule has 28 heavy (non-hydrogen) atoms. The van der Waals surface area contributed by atoms with Crippen LogP contribution in [-0.4, -0.2) is 25.1 Å². The molecule has 0 aliphatic rings. The number of carbonyl (C=O) groups excluding carboxylic acids is 2. The topological polar surface area (TPSA) is 88.4 Å². The van der Waals surface area contributed by atoms with E-state index in [0.29, 0.717) is 34.2 Å². The van der Waals surface area contributed by atoms with Crippen molar-refractivity contribution in [1.82, 2.24) is 0 Å². The Balaban J connectivity index is 2.20. The number of nitrogens with zero attached hydrogens (tertiary/aromatic N) is 1. The first-order valence-electron chi connectivity index (χ1n) is 8.61. The standard InChI is InChI=1S/C21H19ClN2O4/c1-3-27-19-10-7-17(22)12-15(19)11-16(13-23)20(25)24-18-8-5-14(6-9-18)21(26)28-4-2/h5-12H,3-4H2,1-2H3,(H,24,25)/b16-11+. The van der Waals surface area contributed by atoms with Crippen LogP contribution in [0.4, 0.5) is 5.69 Å². The van der Waals surface area contributed by atoms with Crippen LogP contribution >= 0.6 is 11.6 Å². The summed E-state index contributed by atoms with van der Waals surface area (Å²) in [7, 11) is 0. The normalized spacial score (nSPS) is 10.7. The molecule has 0 aliphatic heterocycles. The zero-order chi connectivity index (χ0) is 20.5. The van der Waals surface area contributed by atoms with Crippen molar-refractivity contribution < 1.29 is 19.1 Å². The zero-order valence-corrected chi connectivity index (χ0v) is 16.2. The Morgan fingerprint density at radius 1 is 1.14 bits per heavy atom. The molecule has 6 nitrogen and oxygen atoms in total. The van der Waals surface area contributed by atoms with Crippen molar-refractivity contribution in [2.45, 2.75) is 13.8 Å². The van der Waals surface area contributed by atoms with Crippen LogP contribution in [0.3, 0.4) is 0 Å². The van der Waals surface area contributed by atoms with Gasteiger partial charge in [0.1, 0.15) is 17.4 Å². The first kappa shape index (κ1) is 21.0. The van der Waals surface area contributed by atoms with Gasteiger partial charge in [0.25, 0.3) is 5.91 Å². The number of amides is 1. The van der Waals surface area contributed by atoms with E-state index in [1.807, 2.05) is 13.0 Å². The van der Waals surface area contributed by atoms with Gasteiger partial charge in [0.2, 0.25) is 0 Å². The van der Waals surface area contributed by atoms with Crippen LogP contribution in [0.5, 0.6) is 5.75 Å². The maximum atomic E-state index is 12.5. The smallest absolute Gasteiger partial charge is 0.338 e. The molecule has 2 rings (SSSR count). The lowest BCUT2D eigenvalue weighted by Gasteiger charge is -2.09. The molecular weight excluding hydrogens is 380 g/mol. The fraction of sp³-hybridized carbons (Fsp3) is 0.190. The van der Waals surface area contributed by atoms with E-state index in [-0.39, 0.29) is 12.2 Å². The summed E-state index contributed by atoms with van der Waals surface area (Å²) in [6.07, 6.45) is 1.42. The minimum Gasteiger partial charge on any atom is -0.493 e. The van der Waals surface area contributed by atoms with Gasteiger partial charge in [-0.1, -0.05) is 11.6 Å². The molecule has 0 radical (unpaired) electrons. The number of anilines is 1. The molecule has 0 aromatic heterocycles. The number of benzene rings is 2. The summed E-state index contributed by atoms with van der Waals surface area (Å²) in [6, 6.07) is 13.0. The van der Waals surface area contributed by atoms with Crippen molar-refractivity contribution in [2.75, 3.05) is 18.5 Å². The van der Waals surface area contributed by atoms with Crippen molar-refractivity contribution in [3.63, 3.8) is 0 Å². The third kappa shape index (κ3) is 5.60. The quantitative estimate of drug-likeness (QED) is 0.422. The highest BCUT2D eigenvalue weighted by molar-refractivity contribution is 6.30. The van der Waals surface area contributed by atoms with Crippen LogP contribution in [0.25, 0.3) is 6.08 Å². The van der Waals surface area contributed by atoms with E-state index in [0.717, 1.165) is 0 Å². The maximum absolute atomic E-state index is 12.5. The number of hydrogen-bond acceptors (Lipinski definition) is 5. The Bertz CT molecular complexity index is 930. The van der Waals surface area contributed by atoms with Crippen LogP contribution in [-0.2, 0) is 9.53 Å². The molecule has 0 atom stereocenters. The first-order chi connectivity index (χ1) is 13.5. The lowest BCUT2D eigenvalue weighted by atomic mass is 10.1. The van der Waals surface area contributed by atoms with E-state index in [1.54, 1.807) is 37.3 Å². The number of rotatable bonds is 7. The van der Waals surface area contributed by atoms with Crippen molar-refractivity contribution in [1.29, 1.82) is 5.26 Å². The van der Waals surface area contributed by atoms with Crippen molar-refractivity contribution in [2.24, 2.45) is 0 Å². The van der Waals surface area contributed by atoms with Gasteiger partial charge in [0.05, 0.1) is 18.8 Å². The molecule has 0 fully saturated rings. The fourth-order valence-corrected chi connectivity index (χ4v) is 2.51. The molecule has 2 aromatic carbocycles. The van der Waals surface area contributed by atoms with Crippen LogP contribution in [0, 0.1) is 11.3 Å². The van der Waals surface area contributed by atoms with Crippen molar-refractivity contribution in [3.8, 4) is 11.8 Å². The number of hydrogen-bond donors (Lipinski definition) is 1. The molecule has 1 amide bonds. The SMILES string of the molecule is CCOC(=O)c1ccc(NC(=O)/C(C#N)=C/c2cc(Cl)ccc2OCC)cc1. The minimum atomic E-state index is -0.589. The molecular formula is C21H19ClN2O4. The number of esters is 1. The molecule has 0 unspecified atom stereocenters. The highest BCUT2D eigenvalue weighted by Gasteiger charge is 2.13. The van der Waals surface area contributed by atoms with Gasteiger partial charge < -0.3 is 14.8 Å². The van der Waals surface area contributed by atoms with Gasteiger partial charge in [-0.3, -0.25) is 4.79 Å². The summed E-state index contributed by atoms with van der Waals surface area (Å²) in [4.78, 5) is 24.1. The number of ether oxygens (including phenoxy) is 2. The highest BCUT2D eigenvalue weighted by Crippen LogP contribution is 2.25. The third-order valence-corrected chi connectivity index (χ3v) is 3.83. The maximum Gasteiger partial charge on any atom is 0.338 e. The van der Waals surface area contributed by atoms with Gasteiger partial charge in [-0.2, -0.15) is 5.26 Å². The molecule has 1 N–H and O–H groups in total. The Hall–Kier alpha value is -3.30. The van der Waals surface area contributed by atoms with E-state index < -0.39 is 11.9 Å². The van der Waals surface area contributed by atoms with Crippen LogP contribution in [0.15, 0.2) is 48.0 Å². The van der Waals surface area contributed by atoms with Gasteiger partial charge in [-0.15, -0.1) is 0 Å². The van der Waals surface area contributed by atoms with Crippen molar-refractivity contribution >= 4 is 35.2 Å². The Morgan fingerprint density at radius 2 is 1.86 bits per heavy atom. The fourth-order valence-electron chi connectivity index (χ4n) is 2.33. The molecule has 144 valence electrons. The van der Waals surface area contributed by atoms with Gasteiger partial charge in [-0.05, 0) is 62.4 Å². The Kier molecular flexibility index (Phi) is 7.61. The largest absolute Gasteiger partial charge is 0.493 e. The van der Waals surface area contributed by atoms with Gasteiger partial charge >= 0.3 is 5.97 Å². The second kappa shape index (κ2) is 10.1. The van der Waals surface area contributed by atoms with E-state index in [1.165, 1.54) is 18.2 Å². The Labute approximate surface area is 168 Å². The summed E-state index contributed by atoms with van der Waals surface area (Å²) in [6.45, 7) is 4.27. The van der Waals surface area contributed by atoms with Gasteiger partial charge in [-0.25, -0.2) is 4.79 Å². The monoisotopic (exact) mass is 398 g/mol. The molecule has 7 heteroatoms. The summed E-state index contributed by atoms with van der Waals surface area (Å²) in [5.74, 6) is -0.512. The highest BCUT2D eigenvalue weighted by atomic mass is 35.5. The summed E-state index contributed by atoms with van der Waals surface area (Å²) >= 11 is 6.01. The minimum absolute atomic E-state index is 0.113. The van der Waals surface area contributed by atoms with Crippen molar-refractivity contribution in [3.05, 3.63) is 64.2 Å². The summed E-state index contributed by atoms with van der Waals surface area (Å²) < 4.78 is 10.4. The molecule has 0 bridgehead atoms. The summed E-state index contributed by atoms with van der Waals surface area (Å²) in [5, 5.41) is 12.5. The van der Waals surface area contributed by atoms with Crippen LogP contribution in [0.1, 0.15) is 29.8 Å². The number of halogens is 1. The predicted molar refractivity (Wildman–Crippen MR) is 107 cm³/mol. The van der Waals surface area contributed by atoms with E-state index in [9.17, 15) is 14.9 Å². The average Bonchev–Trinajstić information content (AvgIpc) is 2.68. The van der Waals surface area contributed by atoms with E-state index in [2.05, 4.69) is 5.32 Å². The second-order valence-corrected chi connectivity index (χ2v) is 5.97. The van der Waals surface area contributed by atoms with Crippen LogP contribution in [0.2, 0.25) is 5.02 Å². The summed E-state index contributed by atoms with van der Waals surface area (Å²) in [5.41, 5.74) is 1.22. The molecule has 0 saturated heterocycles. The second-order valence-electron chi connectivity index (χ2n) is 5.54. The predicted octanol–water partition coefficient (Wildman–Crippen LogP) is 4.46. The number of nitriles is 1. The lowest BCUT2D eigenvalue weighted by molar-refractivity contribution is -0.112. The zero-order valence-electron chi connectivity index (χ0n) is 15.5. The number of nitrogens with one attached hydrogen (secondary N) is 1.